The average molecular weight is 304 g/mol. The van der Waals surface area contributed by atoms with Crippen molar-refractivity contribution in [3.05, 3.63) is 35.9 Å². The summed E-state index contributed by atoms with van der Waals surface area (Å²) in [5, 5.41) is 0. The maximum atomic E-state index is 5.94. The van der Waals surface area contributed by atoms with Gasteiger partial charge >= 0.3 is 0 Å². The van der Waals surface area contributed by atoms with E-state index >= 15 is 0 Å². The smallest absolute Gasteiger partial charge is 0.186 e. The van der Waals surface area contributed by atoms with Crippen LogP contribution in [0.15, 0.2) is 30.3 Å². The first-order valence-electron chi connectivity index (χ1n) is 8.16. The molecule has 4 atom stereocenters. The van der Waals surface area contributed by atoms with Gasteiger partial charge in [-0.2, -0.15) is 0 Å². The van der Waals surface area contributed by atoms with Crippen LogP contribution in [-0.2, 0) is 20.8 Å². The molecular weight excluding hydrogens is 280 g/mol. The van der Waals surface area contributed by atoms with Crippen LogP contribution in [0, 0.1) is 0 Å². The molecule has 0 aliphatic carbocycles. The zero-order chi connectivity index (χ0) is 14.9. The Morgan fingerprint density at radius 2 is 1.86 bits per heavy atom. The summed E-state index contributed by atoms with van der Waals surface area (Å²) in [6.07, 6.45) is 0.189. The van der Waals surface area contributed by atoms with E-state index in [1.807, 2.05) is 18.2 Å². The Kier molecular flexibility index (Phi) is 4.15. The van der Waals surface area contributed by atoms with Gasteiger partial charge < -0.3 is 19.1 Å². The first-order valence-corrected chi connectivity index (χ1v) is 8.16. The van der Waals surface area contributed by atoms with Gasteiger partial charge in [0.2, 0.25) is 0 Å². The summed E-state index contributed by atoms with van der Waals surface area (Å²) in [6, 6.07) is 10.6. The molecule has 0 N–H and O–H groups in total. The van der Waals surface area contributed by atoms with Crippen LogP contribution in [0.4, 0.5) is 0 Å². The molecule has 1 aromatic rings. The van der Waals surface area contributed by atoms with Crippen molar-refractivity contribution in [3.63, 3.8) is 0 Å². The second-order valence-electron chi connectivity index (χ2n) is 6.47. The molecule has 4 rings (SSSR count). The molecule has 0 unspecified atom stereocenters. The maximum absolute atomic E-state index is 5.94. The summed E-state index contributed by atoms with van der Waals surface area (Å²) >= 11 is 0. The lowest BCUT2D eigenvalue weighted by Gasteiger charge is -2.39. The van der Waals surface area contributed by atoms with Gasteiger partial charge in [0.15, 0.2) is 6.29 Å². The molecule has 3 aliphatic rings. The normalized spacial score (nSPS) is 36.0. The number of nitrogens with zero attached hydrogens (tertiary/aromatic N) is 2. The number of ether oxygens (including phenoxy) is 3. The first-order chi connectivity index (χ1) is 10.8. The Hall–Kier alpha value is -0.980. The highest BCUT2D eigenvalue weighted by molar-refractivity contribution is 5.13. The molecule has 0 saturated carbocycles. The number of hydrogen-bond donors (Lipinski definition) is 0. The molecule has 3 fully saturated rings. The Morgan fingerprint density at radius 1 is 1.09 bits per heavy atom. The number of benzene rings is 1. The van der Waals surface area contributed by atoms with E-state index in [1.165, 1.54) is 5.56 Å². The number of likely N-dealkylation sites (N-methyl/N-ethyl adjacent to an activating group) is 1. The van der Waals surface area contributed by atoms with E-state index in [9.17, 15) is 0 Å². The molecule has 5 nitrogen and oxygen atoms in total. The van der Waals surface area contributed by atoms with E-state index in [-0.39, 0.29) is 18.5 Å². The van der Waals surface area contributed by atoms with E-state index in [2.05, 4.69) is 29.0 Å². The third kappa shape index (κ3) is 3.05. The summed E-state index contributed by atoms with van der Waals surface area (Å²) < 4.78 is 17.7. The van der Waals surface area contributed by atoms with Crippen molar-refractivity contribution in [2.45, 2.75) is 31.1 Å². The number of hydrogen-bond acceptors (Lipinski definition) is 5. The Balaban J connectivity index is 1.28. The second-order valence-corrected chi connectivity index (χ2v) is 6.47. The SMILES string of the molecule is CN1CCN([C@@H]2CO[C@H](OCc3ccccc3)[C@H]3O[C@H]32)CC1. The Labute approximate surface area is 131 Å². The topological polar surface area (TPSA) is 37.5 Å². The summed E-state index contributed by atoms with van der Waals surface area (Å²) in [7, 11) is 2.18. The van der Waals surface area contributed by atoms with Crippen LogP contribution in [0.25, 0.3) is 0 Å². The highest BCUT2D eigenvalue weighted by Gasteiger charge is 2.56. The monoisotopic (exact) mass is 304 g/mol. The van der Waals surface area contributed by atoms with Gasteiger partial charge in [0.05, 0.1) is 19.3 Å². The number of epoxide rings is 1. The van der Waals surface area contributed by atoms with Crippen molar-refractivity contribution in [1.29, 1.82) is 0 Å². The molecule has 120 valence electrons. The molecule has 3 heterocycles. The Bertz CT molecular complexity index is 490. The van der Waals surface area contributed by atoms with Gasteiger partial charge in [-0.25, -0.2) is 0 Å². The zero-order valence-electron chi connectivity index (χ0n) is 13.1. The van der Waals surface area contributed by atoms with Crippen LogP contribution in [-0.4, -0.2) is 74.2 Å². The summed E-state index contributed by atoms with van der Waals surface area (Å²) in [4.78, 5) is 4.88. The molecule has 22 heavy (non-hydrogen) atoms. The first kappa shape index (κ1) is 14.6. The summed E-state index contributed by atoms with van der Waals surface area (Å²) in [5.41, 5.74) is 1.17. The molecule has 5 heteroatoms. The van der Waals surface area contributed by atoms with Gasteiger partial charge in [-0.15, -0.1) is 0 Å². The third-order valence-electron chi connectivity index (χ3n) is 4.90. The maximum Gasteiger partial charge on any atom is 0.186 e. The average Bonchev–Trinajstić information content (AvgIpc) is 3.35. The van der Waals surface area contributed by atoms with Crippen molar-refractivity contribution >= 4 is 0 Å². The van der Waals surface area contributed by atoms with Gasteiger partial charge in [0.25, 0.3) is 0 Å². The van der Waals surface area contributed by atoms with E-state index in [0.717, 1.165) is 26.2 Å². The van der Waals surface area contributed by atoms with Crippen molar-refractivity contribution in [3.8, 4) is 0 Å². The molecular formula is C17H24N2O3. The molecule has 1 aromatic carbocycles. The fourth-order valence-corrected chi connectivity index (χ4v) is 3.41. The van der Waals surface area contributed by atoms with E-state index in [4.69, 9.17) is 14.2 Å². The fraction of sp³-hybridized carbons (Fsp3) is 0.647. The largest absolute Gasteiger partial charge is 0.362 e. The van der Waals surface area contributed by atoms with Crippen LogP contribution in [0.3, 0.4) is 0 Å². The van der Waals surface area contributed by atoms with Crippen LogP contribution in [0.1, 0.15) is 5.56 Å². The predicted molar refractivity (Wildman–Crippen MR) is 82.5 cm³/mol. The van der Waals surface area contributed by atoms with E-state index in [0.29, 0.717) is 19.3 Å². The molecule has 3 aliphatic heterocycles. The molecule has 0 bridgehead atoms. The van der Waals surface area contributed by atoms with Gasteiger partial charge in [-0.05, 0) is 12.6 Å². The minimum Gasteiger partial charge on any atom is -0.362 e. The van der Waals surface area contributed by atoms with E-state index in [1.54, 1.807) is 0 Å². The van der Waals surface area contributed by atoms with Crippen LogP contribution >= 0.6 is 0 Å². The van der Waals surface area contributed by atoms with Gasteiger partial charge in [-0.1, -0.05) is 30.3 Å². The zero-order valence-corrected chi connectivity index (χ0v) is 13.1. The highest BCUT2D eigenvalue weighted by Crippen LogP contribution is 2.37. The van der Waals surface area contributed by atoms with Gasteiger partial charge in [0, 0.05) is 26.2 Å². The minimum atomic E-state index is -0.214. The lowest BCUT2D eigenvalue weighted by molar-refractivity contribution is -0.177. The number of rotatable bonds is 4. The summed E-state index contributed by atoms with van der Waals surface area (Å²) in [6.45, 7) is 5.75. The lowest BCUT2D eigenvalue weighted by atomic mass is 10.1. The molecule has 3 saturated heterocycles. The quantitative estimate of drug-likeness (QED) is 0.774. The van der Waals surface area contributed by atoms with Crippen LogP contribution < -0.4 is 0 Å². The third-order valence-corrected chi connectivity index (χ3v) is 4.90. The lowest BCUT2D eigenvalue weighted by Crippen LogP contribution is -2.55. The highest BCUT2D eigenvalue weighted by atomic mass is 16.7. The van der Waals surface area contributed by atoms with Gasteiger partial charge in [0.1, 0.15) is 12.2 Å². The minimum absolute atomic E-state index is 0.113. The number of piperazine rings is 1. The van der Waals surface area contributed by atoms with Crippen molar-refractivity contribution in [2.24, 2.45) is 0 Å². The molecule has 0 amide bonds. The standard InChI is InChI=1S/C17H24N2O3/c1-18-7-9-19(10-8-18)14-12-21-17(16-15(14)22-16)20-11-13-5-3-2-4-6-13/h2-6,14-17H,7-12H2,1H3/t14-,15+,16+,17+/m1/s1. The van der Waals surface area contributed by atoms with Crippen molar-refractivity contribution in [1.82, 2.24) is 9.80 Å². The molecule has 0 aromatic heterocycles. The van der Waals surface area contributed by atoms with Crippen molar-refractivity contribution in [2.75, 3.05) is 39.8 Å². The van der Waals surface area contributed by atoms with Gasteiger partial charge in [-0.3, -0.25) is 4.90 Å². The predicted octanol–water partition coefficient (Wildman–Crippen LogP) is 0.943. The summed E-state index contributed by atoms with van der Waals surface area (Å²) in [5.74, 6) is 0. The Morgan fingerprint density at radius 3 is 2.64 bits per heavy atom. The van der Waals surface area contributed by atoms with Crippen LogP contribution in [0.2, 0.25) is 0 Å². The fourth-order valence-electron chi connectivity index (χ4n) is 3.41. The molecule has 0 spiro atoms. The number of fused-ring (bicyclic) bond motifs is 1. The van der Waals surface area contributed by atoms with Crippen LogP contribution in [0.5, 0.6) is 0 Å². The second kappa shape index (κ2) is 6.26. The van der Waals surface area contributed by atoms with E-state index < -0.39 is 0 Å². The molecule has 0 radical (unpaired) electrons. The van der Waals surface area contributed by atoms with Crippen molar-refractivity contribution < 1.29 is 14.2 Å².